The molecule has 1 amide bonds. The number of carbonyl (C=O) groups excluding carboxylic acids is 1. The van der Waals surface area contributed by atoms with Crippen molar-refractivity contribution in [1.29, 1.82) is 0 Å². The average molecular weight is 364 g/mol. The Hall–Kier alpha value is -3.55. The summed E-state index contributed by atoms with van der Waals surface area (Å²) in [4.78, 5) is 12.5. The predicted molar refractivity (Wildman–Crippen MR) is 97.3 cm³/mol. The van der Waals surface area contributed by atoms with Crippen LogP contribution >= 0.6 is 0 Å². The van der Waals surface area contributed by atoms with Crippen molar-refractivity contribution in [3.63, 3.8) is 0 Å². The van der Waals surface area contributed by atoms with Crippen LogP contribution < -0.4 is 5.32 Å². The Morgan fingerprint density at radius 2 is 1.96 bits per heavy atom. The summed E-state index contributed by atoms with van der Waals surface area (Å²) in [5.41, 5.74) is 2.63. The Balaban J connectivity index is 1.43. The standard InChI is InChI=1S/C19H17FN6O/c1-13-16(12-22-26(13)15-7-5-14(20)6-8-15)19(27)21-10-9-18-24-23-17-4-2-3-11-25(17)18/h2-8,11-12H,9-10H2,1H3,(H,21,27). The molecule has 4 aromatic rings. The molecule has 1 aromatic carbocycles. The zero-order valence-corrected chi connectivity index (χ0v) is 14.6. The number of fused-ring (bicyclic) bond motifs is 1. The van der Waals surface area contributed by atoms with Gasteiger partial charge in [-0.15, -0.1) is 10.2 Å². The van der Waals surface area contributed by atoms with Crippen molar-refractivity contribution in [3.05, 3.63) is 77.8 Å². The maximum atomic E-state index is 13.1. The molecule has 0 fully saturated rings. The lowest BCUT2D eigenvalue weighted by Gasteiger charge is -2.06. The second-order valence-corrected chi connectivity index (χ2v) is 6.08. The molecule has 0 unspecified atom stereocenters. The van der Waals surface area contributed by atoms with Crippen LogP contribution in [0.25, 0.3) is 11.3 Å². The molecule has 0 spiro atoms. The Kier molecular flexibility index (Phi) is 4.37. The highest BCUT2D eigenvalue weighted by Gasteiger charge is 2.15. The Morgan fingerprint density at radius 1 is 1.15 bits per heavy atom. The first-order valence-corrected chi connectivity index (χ1v) is 8.51. The fraction of sp³-hybridized carbons (Fsp3) is 0.158. The molecule has 0 bridgehead atoms. The first kappa shape index (κ1) is 16.9. The molecule has 0 aliphatic rings. The molecule has 3 heterocycles. The first-order chi connectivity index (χ1) is 13.1. The van der Waals surface area contributed by atoms with Crippen LogP contribution in [0.15, 0.2) is 54.9 Å². The normalized spacial score (nSPS) is 11.0. The molecule has 0 saturated heterocycles. The van der Waals surface area contributed by atoms with Gasteiger partial charge in [0, 0.05) is 19.2 Å². The monoisotopic (exact) mass is 364 g/mol. The lowest BCUT2D eigenvalue weighted by Crippen LogP contribution is -2.26. The van der Waals surface area contributed by atoms with Gasteiger partial charge in [0.2, 0.25) is 0 Å². The van der Waals surface area contributed by atoms with E-state index >= 15 is 0 Å². The number of hydrogen-bond acceptors (Lipinski definition) is 4. The topological polar surface area (TPSA) is 77.1 Å². The minimum Gasteiger partial charge on any atom is -0.351 e. The summed E-state index contributed by atoms with van der Waals surface area (Å²) in [6.07, 6.45) is 3.96. The number of amides is 1. The number of hydrogen-bond donors (Lipinski definition) is 1. The first-order valence-electron chi connectivity index (χ1n) is 8.51. The van der Waals surface area contributed by atoms with Gasteiger partial charge in [-0.25, -0.2) is 9.07 Å². The van der Waals surface area contributed by atoms with Gasteiger partial charge in [0.1, 0.15) is 11.6 Å². The number of halogens is 1. The van der Waals surface area contributed by atoms with Crippen molar-refractivity contribution >= 4 is 11.6 Å². The summed E-state index contributed by atoms with van der Waals surface area (Å²) in [6.45, 7) is 2.23. The molecule has 0 atom stereocenters. The molecule has 0 aliphatic carbocycles. The van der Waals surface area contributed by atoms with Gasteiger partial charge in [-0.3, -0.25) is 9.20 Å². The summed E-state index contributed by atoms with van der Waals surface area (Å²) < 4.78 is 16.6. The van der Waals surface area contributed by atoms with E-state index < -0.39 is 0 Å². The lowest BCUT2D eigenvalue weighted by atomic mass is 10.2. The van der Waals surface area contributed by atoms with Crippen molar-refractivity contribution in [2.45, 2.75) is 13.3 Å². The third-order valence-corrected chi connectivity index (χ3v) is 4.34. The molecule has 136 valence electrons. The van der Waals surface area contributed by atoms with E-state index in [0.29, 0.717) is 29.9 Å². The van der Waals surface area contributed by atoms with Crippen molar-refractivity contribution in [1.82, 2.24) is 29.7 Å². The van der Waals surface area contributed by atoms with Crippen LogP contribution in [0, 0.1) is 12.7 Å². The number of rotatable bonds is 5. The highest BCUT2D eigenvalue weighted by atomic mass is 19.1. The van der Waals surface area contributed by atoms with Gasteiger partial charge in [0.25, 0.3) is 5.91 Å². The Morgan fingerprint density at radius 3 is 2.78 bits per heavy atom. The molecule has 0 saturated carbocycles. The predicted octanol–water partition coefficient (Wildman–Crippen LogP) is 2.34. The zero-order valence-electron chi connectivity index (χ0n) is 14.6. The summed E-state index contributed by atoms with van der Waals surface area (Å²) in [5, 5.41) is 15.4. The fourth-order valence-electron chi connectivity index (χ4n) is 2.92. The number of nitrogens with zero attached hydrogens (tertiary/aromatic N) is 5. The number of carbonyl (C=O) groups is 1. The van der Waals surface area contributed by atoms with Crippen LogP contribution in [0.5, 0.6) is 0 Å². The maximum Gasteiger partial charge on any atom is 0.254 e. The third-order valence-electron chi connectivity index (χ3n) is 4.34. The van der Waals surface area contributed by atoms with Gasteiger partial charge in [-0.2, -0.15) is 5.10 Å². The minimum atomic E-state index is -0.317. The molecule has 7 nitrogen and oxygen atoms in total. The van der Waals surface area contributed by atoms with Crippen molar-refractivity contribution in [2.75, 3.05) is 6.54 Å². The Bertz CT molecular complexity index is 1100. The van der Waals surface area contributed by atoms with Gasteiger partial charge < -0.3 is 5.32 Å². The molecule has 1 N–H and O–H groups in total. The SMILES string of the molecule is Cc1c(C(=O)NCCc2nnc3ccccn23)cnn1-c1ccc(F)cc1. The highest BCUT2D eigenvalue weighted by molar-refractivity contribution is 5.95. The van der Waals surface area contributed by atoms with E-state index in [4.69, 9.17) is 0 Å². The summed E-state index contributed by atoms with van der Waals surface area (Å²) in [5.74, 6) is 0.252. The fourth-order valence-corrected chi connectivity index (χ4v) is 2.92. The summed E-state index contributed by atoms with van der Waals surface area (Å²) in [7, 11) is 0. The quantitative estimate of drug-likeness (QED) is 0.590. The Labute approximate surface area is 154 Å². The van der Waals surface area contributed by atoms with Gasteiger partial charge in [-0.05, 0) is 43.3 Å². The molecule has 4 rings (SSSR count). The number of aromatic nitrogens is 5. The van der Waals surface area contributed by atoms with Gasteiger partial charge in [0.05, 0.1) is 23.1 Å². The van der Waals surface area contributed by atoms with E-state index in [9.17, 15) is 9.18 Å². The van der Waals surface area contributed by atoms with Crippen molar-refractivity contribution in [2.24, 2.45) is 0 Å². The van der Waals surface area contributed by atoms with Crippen molar-refractivity contribution < 1.29 is 9.18 Å². The molecule has 0 aliphatic heterocycles. The zero-order chi connectivity index (χ0) is 18.8. The van der Waals surface area contributed by atoms with E-state index in [2.05, 4.69) is 20.6 Å². The van der Waals surface area contributed by atoms with Gasteiger partial charge in [0.15, 0.2) is 5.65 Å². The van der Waals surface area contributed by atoms with E-state index in [-0.39, 0.29) is 11.7 Å². The van der Waals surface area contributed by atoms with Crippen LogP contribution in [0.4, 0.5) is 4.39 Å². The number of benzene rings is 1. The van der Waals surface area contributed by atoms with Crippen molar-refractivity contribution in [3.8, 4) is 5.69 Å². The average Bonchev–Trinajstić information content (AvgIpc) is 3.26. The summed E-state index contributed by atoms with van der Waals surface area (Å²) >= 11 is 0. The molecule has 27 heavy (non-hydrogen) atoms. The summed E-state index contributed by atoms with van der Waals surface area (Å²) in [6, 6.07) is 11.6. The van der Waals surface area contributed by atoms with E-state index in [1.54, 1.807) is 23.7 Å². The molecular weight excluding hydrogens is 347 g/mol. The van der Waals surface area contributed by atoms with Crippen LogP contribution in [-0.4, -0.2) is 36.8 Å². The number of nitrogens with one attached hydrogen (secondary N) is 1. The molecular formula is C19H17FN6O. The van der Waals surface area contributed by atoms with Crippen LogP contribution in [0.2, 0.25) is 0 Å². The largest absolute Gasteiger partial charge is 0.351 e. The smallest absolute Gasteiger partial charge is 0.254 e. The molecule has 3 aromatic heterocycles. The molecule has 8 heteroatoms. The third kappa shape index (κ3) is 3.29. The molecule has 0 radical (unpaired) electrons. The van der Waals surface area contributed by atoms with Gasteiger partial charge >= 0.3 is 0 Å². The highest BCUT2D eigenvalue weighted by Crippen LogP contribution is 2.14. The van der Waals surface area contributed by atoms with Gasteiger partial charge in [-0.1, -0.05) is 6.07 Å². The van der Waals surface area contributed by atoms with Crippen LogP contribution in [0.1, 0.15) is 21.9 Å². The number of pyridine rings is 1. The van der Waals surface area contributed by atoms with Crippen LogP contribution in [0.3, 0.4) is 0 Å². The van der Waals surface area contributed by atoms with E-state index in [1.165, 1.54) is 18.3 Å². The lowest BCUT2D eigenvalue weighted by molar-refractivity contribution is 0.0953. The van der Waals surface area contributed by atoms with Crippen LogP contribution in [-0.2, 0) is 6.42 Å². The van der Waals surface area contributed by atoms with E-state index in [1.807, 2.05) is 28.8 Å². The van der Waals surface area contributed by atoms with E-state index in [0.717, 1.165) is 11.5 Å². The maximum absolute atomic E-state index is 13.1. The second kappa shape index (κ2) is 6.99. The second-order valence-electron chi connectivity index (χ2n) is 6.08. The minimum absolute atomic E-state index is 0.213.